The molecule has 0 spiro atoms. The van der Waals surface area contributed by atoms with Gasteiger partial charge < -0.3 is 10.6 Å². The first kappa shape index (κ1) is 20.3. The molecule has 0 aromatic heterocycles. The van der Waals surface area contributed by atoms with Gasteiger partial charge in [-0.2, -0.15) is 0 Å². The third-order valence-corrected chi connectivity index (χ3v) is 5.02. The summed E-state index contributed by atoms with van der Waals surface area (Å²) in [5.41, 5.74) is 2.12. The first-order chi connectivity index (χ1) is 13.3. The summed E-state index contributed by atoms with van der Waals surface area (Å²) in [5, 5.41) is 8.97. The van der Waals surface area contributed by atoms with Crippen LogP contribution in [0.1, 0.15) is 38.3 Å². The van der Waals surface area contributed by atoms with Crippen LogP contribution in [0.3, 0.4) is 0 Å². The van der Waals surface area contributed by atoms with E-state index in [2.05, 4.69) is 16.0 Å². The molecule has 3 N–H and O–H groups in total. The maximum atomic E-state index is 13.1. The Morgan fingerprint density at radius 3 is 2.36 bits per heavy atom. The highest BCUT2D eigenvalue weighted by Crippen LogP contribution is 2.30. The molecule has 0 bridgehead atoms. The molecule has 2 amide bonds. The summed E-state index contributed by atoms with van der Waals surface area (Å²) in [6.07, 6.45) is 1.93. The molecule has 1 fully saturated rings. The van der Waals surface area contributed by atoms with Gasteiger partial charge in [0.25, 0.3) is 0 Å². The summed E-state index contributed by atoms with van der Waals surface area (Å²) in [6.45, 7) is 3.69. The van der Waals surface area contributed by atoms with E-state index in [1.165, 1.54) is 12.1 Å². The molecule has 0 unspecified atom stereocenters. The third-order valence-electron chi connectivity index (χ3n) is 4.71. The Balaban J connectivity index is 1.54. The van der Waals surface area contributed by atoms with Gasteiger partial charge in [-0.25, -0.2) is 4.39 Å². The van der Waals surface area contributed by atoms with Crippen molar-refractivity contribution in [3.63, 3.8) is 0 Å². The number of nitrogens with one attached hydrogen (secondary N) is 3. The Morgan fingerprint density at radius 1 is 1.07 bits per heavy atom. The lowest BCUT2D eigenvalue weighted by Gasteiger charge is -2.20. The summed E-state index contributed by atoms with van der Waals surface area (Å²) in [7, 11) is 0. The molecule has 3 rings (SSSR count). The van der Waals surface area contributed by atoms with Crippen LogP contribution in [0.15, 0.2) is 42.5 Å². The molecule has 1 saturated carbocycles. The number of amides is 2. The molecule has 1 aliphatic carbocycles. The van der Waals surface area contributed by atoms with E-state index in [0.717, 1.165) is 30.2 Å². The minimum atomic E-state index is -0.495. The average molecular weight is 404 g/mol. The number of hydrogen-bond acceptors (Lipinski definition) is 3. The number of anilines is 2. The molecule has 0 heterocycles. The van der Waals surface area contributed by atoms with Crippen LogP contribution in [-0.4, -0.2) is 17.9 Å². The van der Waals surface area contributed by atoms with Crippen molar-refractivity contribution in [2.24, 2.45) is 5.92 Å². The molecule has 148 valence electrons. The first-order valence-electron chi connectivity index (χ1n) is 9.26. The number of rotatable bonds is 7. The van der Waals surface area contributed by atoms with Crippen molar-refractivity contribution in [2.75, 3.05) is 10.6 Å². The topological polar surface area (TPSA) is 70.2 Å². The van der Waals surface area contributed by atoms with Gasteiger partial charge in [0.15, 0.2) is 0 Å². The molecule has 1 aliphatic rings. The number of carbonyl (C=O) groups is 2. The summed E-state index contributed by atoms with van der Waals surface area (Å²) < 4.78 is 13.1. The predicted octanol–water partition coefficient (Wildman–Crippen LogP) is 4.51. The molecule has 28 heavy (non-hydrogen) atoms. The summed E-state index contributed by atoms with van der Waals surface area (Å²) in [4.78, 5) is 24.2. The van der Waals surface area contributed by atoms with Gasteiger partial charge in [0, 0.05) is 17.6 Å². The van der Waals surface area contributed by atoms with E-state index >= 15 is 0 Å². The van der Waals surface area contributed by atoms with Crippen LogP contribution < -0.4 is 16.0 Å². The smallest absolute Gasteiger partial charge is 0.241 e. The first-order valence-corrected chi connectivity index (χ1v) is 9.64. The van der Waals surface area contributed by atoms with Gasteiger partial charge >= 0.3 is 0 Å². The van der Waals surface area contributed by atoms with Crippen molar-refractivity contribution in [3.8, 4) is 0 Å². The van der Waals surface area contributed by atoms with E-state index < -0.39 is 11.9 Å². The monoisotopic (exact) mass is 403 g/mol. The molecular weight excluding hydrogens is 381 g/mol. The zero-order chi connectivity index (χ0) is 20.3. The van der Waals surface area contributed by atoms with Crippen molar-refractivity contribution in [3.05, 3.63) is 58.9 Å². The fraction of sp³-hybridized carbons (Fsp3) is 0.333. The van der Waals surface area contributed by atoms with E-state index in [0.29, 0.717) is 5.69 Å². The Hall–Kier alpha value is -2.44. The molecule has 7 heteroatoms. The zero-order valence-electron chi connectivity index (χ0n) is 15.8. The van der Waals surface area contributed by atoms with E-state index in [9.17, 15) is 14.0 Å². The molecule has 0 radical (unpaired) electrons. The highest BCUT2D eigenvalue weighted by Gasteiger charge is 2.29. The minimum absolute atomic E-state index is 0.0728. The van der Waals surface area contributed by atoms with E-state index in [-0.39, 0.29) is 28.8 Å². The number of halogens is 2. The molecule has 0 aliphatic heterocycles. The Morgan fingerprint density at radius 2 is 1.75 bits per heavy atom. The van der Waals surface area contributed by atoms with E-state index in [4.69, 9.17) is 11.6 Å². The lowest BCUT2D eigenvalue weighted by Crippen LogP contribution is -2.39. The van der Waals surface area contributed by atoms with Gasteiger partial charge in [0.05, 0.1) is 16.8 Å². The van der Waals surface area contributed by atoms with Gasteiger partial charge in [-0.05, 0) is 62.6 Å². The second-order valence-corrected chi connectivity index (χ2v) is 7.52. The van der Waals surface area contributed by atoms with Crippen LogP contribution >= 0.6 is 11.6 Å². The van der Waals surface area contributed by atoms with Crippen LogP contribution in [-0.2, 0) is 9.59 Å². The Labute approximate surface area is 168 Å². The van der Waals surface area contributed by atoms with Crippen LogP contribution in [0.5, 0.6) is 0 Å². The van der Waals surface area contributed by atoms with Crippen molar-refractivity contribution in [1.29, 1.82) is 0 Å². The summed E-state index contributed by atoms with van der Waals surface area (Å²) >= 11 is 5.95. The number of carbonyl (C=O) groups excluding carboxylic acids is 2. The van der Waals surface area contributed by atoms with Crippen molar-refractivity contribution in [2.45, 2.75) is 38.8 Å². The van der Waals surface area contributed by atoms with Gasteiger partial charge in [-0.15, -0.1) is 0 Å². The fourth-order valence-electron chi connectivity index (χ4n) is 2.82. The average Bonchev–Trinajstić information content (AvgIpc) is 3.49. The zero-order valence-corrected chi connectivity index (χ0v) is 16.5. The van der Waals surface area contributed by atoms with Crippen molar-refractivity contribution < 1.29 is 14.0 Å². The normalized spacial score (nSPS) is 15.6. The van der Waals surface area contributed by atoms with Crippen LogP contribution in [0.2, 0.25) is 5.02 Å². The fourth-order valence-corrected chi connectivity index (χ4v) is 3.04. The van der Waals surface area contributed by atoms with Crippen LogP contribution in [0.4, 0.5) is 15.8 Å². The molecular formula is C21H23ClFN3O2. The lowest BCUT2D eigenvalue weighted by molar-refractivity contribution is -0.118. The molecule has 5 nitrogen and oxygen atoms in total. The highest BCUT2D eigenvalue weighted by atomic mass is 35.5. The maximum Gasteiger partial charge on any atom is 0.241 e. The SMILES string of the molecule is C[C@@H](N[C@H](C)c1ccc(NC(=O)C2CC2)cc1)C(=O)Nc1ccc(F)cc1Cl. The Bertz CT molecular complexity index is 868. The number of benzene rings is 2. The van der Waals surface area contributed by atoms with Crippen molar-refractivity contribution in [1.82, 2.24) is 5.32 Å². The van der Waals surface area contributed by atoms with E-state index in [1.54, 1.807) is 6.92 Å². The second-order valence-electron chi connectivity index (χ2n) is 7.11. The third kappa shape index (κ3) is 5.30. The van der Waals surface area contributed by atoms with Crippen molar-refractivity contribution >= 4 is 34.8 Å². The van der Waals surface area contributed by atoms with Gasteiger partial charge in [0.1, 0.15) is 5.82 Å². The standard InChI is InChI=1S/C21H23ClFN3O2/c1-12(14-5-8-17(9-6-14)25-21(28)15-3-4-15)24-13(2)20(27)26-19-10-7-16(23)11-18(19)22/h5-13,15,24H,3-4H2,1-2H3,(H,25,28)(H,26,27)/t12-,13-/m1/s1. The molecule has 2 aromatic carbocycles. The lowest BCUT2D eigenvalue weighted by atomic mass is 10.1. The summed E-state index contributed by atoms with van der Waals surface area (Å²) in [5.74, 6) is -0.494. The molecule has 2 aromatic rings. The van der Waals surface area contributed by atoms with Gasteiger partial charge in [-0.1, -0.05) is 23.7 Å². The Kier molecular flexibility index (Phi) is 6.31. The molecule has 0 saturated heterocycles. The summed E-state index contributed by atoms with van der Waals surface area (Å²) in [6, 6.07) is 10.8. The highest BCUT2D eigenvalue weighted by molar-refractivity contribution is 6.33. The minimum Gasteiger partial charge on any atom is -0.326 e. The largest absolute Gasteiger partial charge is 0.326 e. The quantitative estimate of drug-likeness (QED) is 0.637. The predicted molar refractivity (Wildman–Crippen MR) is 109 cm³/mol. The molecule has 2 atom stereocenters. The second kappa shape index (κ2) is 8.71. The van der Waals surface area contributed by atoms with E-state index in [1.807, 2.05) is 31.2 Å². The van der Waals surface area contributed by atoms with Gasteiger partial charge in [0.2, 0.25) is 11.8 Å². The van der Waals surface area contributed by atoms with Crippen LogP contribution in [0.25, 0.3) is 0 Å². The van der Waals surface area contributed by atoms with Crippen LogP contribution in [0, 0.1) is 11.7 Å². The van der Waals surface area contributed by atoms with Gasteiger partial charge in [-0.3, -0.25) is 14.9 Å². The number of hydrogen-bond donors (Lipinski definition) is 3. The maximum absolute atomic E-state index is 13.1.